The van der Waals surface area contributed by atoms with Crippen molar-refractivity contribution >= 4 is 28.9 Å². The lowest BCUT2D eigenvalue weighted by atomic mass is 10.1. The number of non-ortho nitro benzene ring substituents is 1. The second-order valence-electron chi connectivity index (χ2n) is 6.02. The summed E-state index contributed by atoms with van der Waals surface area (Å²) in [6.45, 7) is 0. The fraction of sp³-hybridized carbons (Fsp3) is 0.0476. The standard InChI is InChI=1S/C21H17N3O5/c1-29-19-11-7-16(8-12-19)22-21(26)15-3-2-4-17(13-15)23-20(25)14-5-9-18(10-6-14)24(27)28/h2-13H,1H3,(H,22,26)(H,23,25). The number of ether oxygens (including phenoxy) is 1. The van der Waals surface area contributed by atoms with Crippen molar-refractivity contribution in [2.45, 2.75) is 0 Å². The third-order valence-electron chi connectivity index (χ3n) is 4.07. The van der Waals surface area contributed by atoms with E-state index >= 15 is 0 Å². The fourth-order valence-corrected chi connectivity index (χ4v) is 2.55. The number of carbonyl (C=O) groups is 2. The molecule has 0 aliphatic carbocycles. The number of carbonyl (C=O) groups excluding carboxylic acids is 2. The van der Waals surface area contributed by atoms with Gasteiger partial charge in [-0.25, -0.2) is 0 Å². The lowest BCUT2D eigenvalue weighted by Gasteiger charge is -2.09. The van der Waals surface area contributed by atoms with Crippen molar-refractivity contribution in [2.24, 2.45) is 0 Å². The van der Waals surface area contributed by atoms with Gasteiger partial charge in [0.25, 0.3) is 17.5 Å². The Bertz CT molecular complexity index is 1050. The molecule has 3 aromatic rings. The van der Waals surface area contributed by atoms with E-state index in [9.17, 15) is 19.7 Å². The molecule has 146 valence electrons. The van der Waals surface area contributed by atoms with Crippen LogP contribution in [0.15, 0.2) is 72.8 Å². The molecule has 29 heavy (non-hydrogen) atoms. The van der Waals surface area contributed by atoms with Crippen LogP contribution < -0.4 is 15.4 Å². The Morgan fingerprint density at radius 2 is 1.45 bits per heavy atom. The highest BCUT2D eigenvalue weighted by molar-refractivity contribution is 6.07. The second kappa shape index (κ2) is 8.66. The molecule has 8 heteroatoms. The minimum atomic E-state index is -0.535. The predicted octanol–water partition coefficient (Wildman–Crippen LogP) is 4.11. The Morgan fingerprint density at radius 1 is 0.828 bits per heavy atom. The number of nitrogens with zero attached hydrogens (tertiary/aromatic N) is 1. The van der Waals surface area contributed by atoms with Crippen LogP contribution in [-0.2, 0) is 0 Å². The molecule has 0 radical (unpaired) electrons. The van der Waals surface area contributed by atoms with Gasteiger partial charge in [0, 0.05) is 34.6 Å². The Balaban J connectivity index is 1.68. The first kappa shape index (κ1) is 19.6. The SMILES string of the molecule is COc1ccc(NC(=O)c2cccc(NC(=O)c3ccc([N+](=O)[O-])cc3)c2)cc1. The van der Waals surface area contributed by atoms with Crippen molar-refractivity contribution in [3.05, 3.63) is 94.0 Å². The maximum absolute atomic E-state index is 12.5. The van der Waals surface area contributed by atoms with Gasteiger partial charge in [-0.15, -0.1) is 0 Å². The fourth-order valence-electron chi connectivity index (χ4n) is 2.55. The number of nitro groups is 1. The molecule has 0 unspecified atom stereocenters. The van der Waals surface area contributed by atoms with Crippen LogP contribution in [0.3, 0.4) is 0 Å². The van der Waals surface area contributed by atoms with E-state index in [0.717, 1.165) is 0 Å². The Morgan fingerprint density at radius 3 is 2.07 bits per heavy atom. The van der Waals surface area contributed by atoms with Gasteiger partial charge in [-0.05, 0) is 54.6 Å². The molecular formula is C21H17N3O5. The first-order valence-electron chi connectivity index (χ1n) is 8.57. The van der Waals surface area contributed by atoms with Crippen molar-refractivity contribution in [1.82, 2.24) is 0 Å². The molecule has 0 bridgehead atoms. The largest absolute Gasteiger partial charge is 0.497 e. The maximum Gasteiger partial charge on any atom is 0.269 e. The van der Waals surface area contributed by atoms with Crippen LogP contribution >= 0.6 is 0 Å². The Kier molecular flexibility index (Phi) is 5.84. The molecular weight excluding hydrogens is 374 g/mol. The summed E-state index contributed by atoms with van der Waals surface area (Å²) in [5, 5.41) is 16.1. The maximum atomic E-state index is 12.5. The number of rotatable bonds is 6. The summed E-state index contributed by atoms with van der Waals surface area (Å²) in [5.74, 6) is -0.0897. The lowest BCUT2D eigenvalue weighted by Crippen LogP contribution is -2.14. The highest BCUT2D eigenvalue weighted by Crippen LogP contribution is 2.18. The minimum absolute atomic E-state index is 0.0984. The molecule has 0 aromatic heterocycles. The van der Waals surface area contributed by atoms with Crippen molar-refractivity contribution in [3.63, 3.8) is 0 Å². The van der Waals surface area contributed by atoms with E-state index < -0.39 is 10.8 Å². The molecule has 0 saturated heterocycles. The number of hydrogen-bond donors (Lipinski definition) is 2. The summed E-state index contributed by atoms with van der Waals surface area (Å²) in [4.78, 5) is 35.0. The van der Waals surface area contributed by atoms with Crippen molar-refractivity contribution < 1.29 is 19.2 Å². The topological polar surface area (TPSA) is 111 Å². The van der Waals surface area contributed by atoms with E-state index in [1.807, 2.05) is 0 Å². The molecule has 0 saturated carbocycles. The summed E-state index contributed by atoms with van der Waals surface area (Å²) in [6.07, 6.45) is 0. The van der Waals surface area contributed by atoms with E-state index in [1.54, 1.807) is 55.6 Å². The van der Waals surface area contributed by atoms with Gasteiger partial charge in [0.15, 0.2) is 0 Å². The van der Waals surface area contributed by atoms with Crippen LogP contribution in [-0.4, -0.2) is 23.8 Å². The van der Waals surface area contributed by atoms with Crippen LogP contribution in [0.2, 0.25) is 0 Å². The van der Waals surface area contributed by atoms with E-state index in [0.29, 0.717) is 22.7 Å². The van der Waals surface area contributed by atoms with Crippen molar-refractivity contribution in [3.8, 4) is 5.75 Å². The van der Waals surface area contributed by atoms with Gasteiger partial charge in [0.05, 0.1) is 12.0 Å². The highest BCUT2D eigenvalue weighted by atomic mass is 16.6. The predicted molar refractivity (Wildman–Crippen MR) is 108 cm³/mol. The number of amides is 2. The monoisotopic (exact) mass is 391 g/mol. The van der Waals surface area contributed by atoms with Crippen LogP contribution in [0.4, 0.5) is 17.1 Å². The van der Waals surface area contributed by atoms with E-state index in [-0.39, 0.29) is 17.2 Å². The van der Waals surface area contributed by atoms with Crippen LogP contribution in [0.25, 0.3) is 0 Å². The Labute approximate surface area is 166 Å². The second-order valence-corrected chi connectivity index (χ2v) is 6.02. The molecule has 0 fully saturated rings. The van der Waals surface area contributed by atoms with Gasteiger partial charge in [-0.3, -0.25) is 19.7 Å². The third kappa shape index (κ3) is 4.95. The number of nitro benzene ring substituents is 1. The zero-order valence-electron chi connectivity index (χ0n) is 15.4. The summed E-state index contributed by atoms with van der Waals surface area (Å²) >= 11 is 0. The van der Waals surface area contributed by atoms with Crippen LogP contribution in [0.1, 0.15) is 20.7 Å². The van der Waals surface area contributed by atoms with Gasteiger partial charge in [-0.2, -0.15) is 0 Å². The molecule has 0 spiro atoms. The number of benzene rings is 3. The summed E-state index contributed by atoms with van der Waals surface area (Å²) in [7, 11) is 1.56. The van der Waals surface area contributed by atoms with Gasteiger partial charge in [0.2, 0.25) is 0 Å². The van der Waals surface area contributed by atoms with E-state index in [4.69, 9.17) is 4.74 Å². The average Bonchev–Trinajstić information content (AvgIpc) is 2.74. The quantitative estimate of drug-likeness (QED) is 0.485. The molecule has 0 aliphatic rings. The number of anilines is 2. The summed E-state index contributed by atoms with van der Waals surface area (Å²) in [6, 6.07) is 18.6. The van der Waals surface area contributed by atoms with Gasteiger partial charge >= 0.3 is 0 Å². The molecule has 0 heterocycles. The number of nitrogens with one attached hydrogen (secondary N) is 2. The van der Waals surface area contributed by atoms with Gasteiger partial charge in [0.1, 0.15) is 5.75 Å². The van der Waals surface area contributed by atoms with E-state index in [2.05, 4.69) is 10.6 Å². The summed E-state index contributed by atoms with van der Waals surface area (Å²) < 4.78 is 5.08. The zero-order chi connectivity index (χ0) is 20.8. The molecule has 2 amide bonds. The highest BCUT2D eigenvalue weighted by Gasteiger charge is 2.12. The number of hydrogen-bond acceptors (Lipinski definition) is 5. The molecule has 3 rings (SSSR count). The molecule has 3 aromatic carbocycles. The van der Waals surface area contributed by atoms with Crippen LogP contribution in [0.5, 0.6) is 5.75 Å². The first-order chi connectivity index (χ1) is 14.0. The average molecular weight is 391 g/mol. The molecule has 8 nitrogen and oxygen atoms in total. The minimum Gasteiger partial charge on any atom is -0.497 e. The third-order valence-corrected chi connectivity index (χ3v) is 4.07. The first-order valence-corrected chi connectivity index (χ1v) is 8.57. The molecule has 0 aliphatic heterocycles. The summed E-state index contributed by atoms with van der Waals surface area (Å²) in [5.41, 5.74) is 1.57. The Hall–Kier alpha value is -4.20. The lowest BCUT2D eigenvalue weighted by molar-refractivity contribution is -0.384. The van der Waals surface area contributed by atoms with Gasteiger partial charge in [-0.1, -0.05) is 6.07 Å². The molecule has 0 atom stereocenters. The van der Waals surface area contributed by atoms with E-state index in [1.165, 1.54) is 24.3 Å². The molecule has 2 N–H and O–H groups in total. The zero-order valence-corrected chi connectivity index (χ0v) is 15.4. The van der Waals surface area contributed by atoms with Gasteiger partial charge < -0.3 is 15.4 Å². The normalized spacial score (nSPS) is 10.1. The van der Waals surface area contributed by atoms with Crippen LogP contribution in [0, 0.1) is 10.1 Å². The smallest absolute Gasteiger partial charge is 0.269 e. The van der Waals surface area contributed by atoms with Crippen molar-refractivity contribution in [2.75, 3.05) is 17.7 Å². The number of methoxy groups -OCH3 is 1. The van der Waals surface area contributed by atoms with Crippen molar-refractivity contribution in [1.29, 1.82) is 0 Å².